The van der Waals surface area contributed by atoms with Crippen LogP contribution >= 0.6 is 0 Å². The number of pyridine rings is 4. The number of carbonyl (C=O) groups is 7. The van der Waals surface area contributed by atoms with Crippen LogP contribution in [0.5, 0.6) is 34.5 Å². The van der Waals surface area contributed by atoms with E-state index in [1.165, 1.54) is 0 Å². The number of phenolic OH excluding ortho intramolecular Hbond substituents is 1. The smallest absolute Gasteiger partial charge is 0.412 e. The number of phenols is 1. The van der Waals surface area contributed by atoms with Gasteiger partial charge in [0.25, 0.3) is 5.91 Å². The Morgan fingerprint density at radius 3 is 1.46 bits per heavy atom. The lowest BCUT2D eigenvalue weighted by Crippen LogP contribution is -2.52. The first-order chi connectivity index (χ1) is 65.8. The van der Waals surface area contributed by atoms with Crippen molar-refractivity contribution >= 4 is 60.2 Å². The molecule has 3 fully saturated rings. The van der Waals surface area contributed by atoms with Crippen LogP contribution in [-0.2, 0) is 54.9 Å². The van der Waals surface area contributed by atoms with Crippen LogP contribution in [0.15, 0.2) is 238 Å². The van der Waals surface area contributed by atoms with Crippen LogP contribution in [0.4, 0.5) is 22.0 Å². The van der Waals surface area contributed by atoms with E-state index >= 15 is 0 Å². The number of likely N-dealkylation sites (tertiary alicyclic amines) is 1. The van der Waals surface area contributed by atoms with Gasteiger partial charge in [0, 0.05) is 104 Å². The summed E-state index contributed by atoms with van der Waals surface area (Å²) in [5, 5.41) is 38.3. The molecule has 4 N–H and O–H groups in total. The van der Waals surface area contributed by atoms with Crippen molar-refractivity contribution in [3.8, 4) is 68.7 Å². The molecule has 3 saturated heterocycles. The summed E-state index contributed by atoms with van der Waals surface area (Å²) < 4.78 is 57.3. The van der Waals surface area contributed by atoms with Crippen LogP contribution in [0.25, 0.3) is 34.2 Å². The van der Waals surface area contributed by atoms with Crippen molar-refractivity contribution < 1.29 is 86.4 Å². The number of aliphatic hydroxyl groups excluding tert-OH is 1. The van der Waals surface area contributed by atoms with Crippen molar-refractivity contribution in [2.75, 3.05) is 62.2 Å². The van der Waals surface area contributed by atoms with E-state index in [4.69, 9.17) is 42.6 Å². The van der Waals surface area contributed by atoms with Crippen LogP contribution in [0.3, 0.4) is 0 Å². The third-order valence-corrected chi connectivity index (χ3v) is 21.9. The zero-order chi connectivity index (χ0) is 96.8. The Morgan fingerprint density at radius 1 is 0.507 bits per heavy atom. The first-order valence-electron chi connectivity index (χ1n) is 44.7. The number of aryl methyl sites for hydroxylation is 2. The van der Waals surface area contributed by atoms with Gasteiger partial charge in [0.1, 0.15) is 91.7 Å². The molecule has 3 amide bonds. The Kier molecular flexibility index (Phi) is 35.6. The van der Waals surface area contributed by atoms with Crippen LogP contribution in [0, 0.1) is 13.8 Å². The van der Waals surface area contributed by atoms with E-state index in [9.17, 15) is 43.8 Å². The SMILES string of the molecule is CC(C)n1nccc1-c1ncccc1COc1cccc(NC(=O)OC(C)(C)C)c1C=O.CC(C)n1nccc1-c1ncccc1COc1cccc(O)c1C1OCC(CO)O1.CNc1nccc(OCc2cccnc2-c2ccnn2C(C)C)c1C=O.Cc1cccc(OC[C@@H]2CCC(=O)N2Cc2ccccc2)c1C=O.Cc1cccc(OC[C@@H]2COCC(=O)N2c2ccccc2)c1C=O. The summed E-state index contributed by atoms with van der Waals surface area (Å²) in [6.07, 6.45) is 14.6. The predicted molar refractivity (Wildman–Crippen MR) is 513 cm³/mol. The van der Waals surface area contributed by atoms with E-state index in [1.54, 1.807) is 131 Å². The lowest BCUT2D eigenvalue weighted by atomic mass is 10.1. The number of aromatic nitrogens is 10. The van der Waals surface area contributed by atoms with Crippen molar-refractivity contribution in [1.29, 1.82) is 0 Å². The Hall–Kier alpha value is -15.1. The predicted octanol–water partition coefficient (Wildman–Crippen LogP) is 17.8. The average molecular weight is 1850 g/mol. The Morgan fingerprint density at radius 2 is 0.978 bits per heavy atom. The minimum absolute atomic E-state index is 0.0142. The van der Waals surface area contributed by atoms with Gasteiger partial charge in [0.15, 0.2) is 31.4 Å². The highest BCUT2D eigenvalue weighted by atomic mass is 16.7. The monoisotopic (exact) mass is 1850 g/mol. The molecule has 3 aliphatic rings. The molecule has 7 aromatic heterocycles. The van der Waals surface area contributed by atoms with Gasteiger partial charge in [-0.3, -0.25) is 63.1 Å². The van der Waals surface area contributed by atoms with E-state index in [2.05, 4.69) is 87.4 Å². The number of ether oxygens (including phenoxy) is 9. The largest absolute Gasteiger partial charge is 0.507 e. The summed E-state index contributed by atoms with van der Waals surface area (Å²) >= 11 is 0. The molecule has 32 nitrogen and oxygen atoms in total. The highest BCUT2D eigenvalue weighted by Crippen LogP contribution is 2.41. The van der Waals surface area contributed by atoms with Crippen LogP contribution < -0.4 is 39.2 Å². The normalized spacial score (nSPS) is 15.0. The molecular weight excluding hydrogens is 1730 g/mol. The molecule has 0 spiro atoms. The molecule has 0 aliphatic carbocycles. The fraction of sp³-hybridized carbons (Fsp3) is 0.308. The number of rotatable bonds is 32. The fourth-order valence-electron chi connectivity index (χ4n) is 15.3. The number of hydrogen-bond acceptors (Lipinski definition) is 26. The molecule has 136 heavy (non-hydrogen) atoms. The molecule has 16 rings (SSSR count). The van der Waals surface area contributed by atoms with Gasteiger partial charge in [-0.1, -0.05) is 103 Å². The standard InChI is InChI=1S/C24H28N4O4.C22H25N3O5.C20H21NO3.C19H21N5O2.C19H19NO4/c1-16(2)28-20(11-13-26-28)22-17(8-7-12-25-22)15-31-21-10-6-9-19(18(21)14-29)27-23(30)32-24(3,4)5;1-14(2)25-17(8-10-24-25)21-15(5-4-9-23-21)12-28-19-7-3-6-18(27)20(19)22-29-13-16(11-26)30-22;1-15-6-5-9-19(18(15)13-22)24-14-17-10-11-20(23)21(17)12-16-7-3-2-4-8-16;1-13(2)24-16(6-10-23-24)18-14(5-4-8-21-18)12-26-17-7-9-22-19(20-3)15(17)11-25;1-14-6-5-9-18(17(14)10-21)24-12-16-11-23-13-19(22)20(16)15-7-3-2-4-8-15/h6-14,16H,15H2,1-5H3,(H,27,30);3-10,14,16,22,26-27H,11-13H2,1-2H3;2-9,13,17H,10-12,14H2,1H3;4-11,13H,12H2,1-3H3,(H,20,22);2-10,16H,11-13H2,1H3/t;;17-;;16-/m..0.0/s1. The summed E-state index contributed by atoms with van der Waals surface area (Å²) in [5.74, 6) is 2.95. The second-order valence-corrected chi connectivity index (χ2v) is 33.7. The molecule has 4 atom stereocenters. The maximum absolute atomic E-state index is 12.3. The zero-order valence-corrected chi connectivity index (χ0v) is 78.1. The number of benzene rings is 6. The number of amides is 3. The molecule has 10 heterocycles. The van der Waals surface area contributed by atoms with Crippen molar-refractivity contribution in [1.82, 2.24) is 54.2 Å². The summed E-state index contributed by atoms with van der Waals surface area (Å²) in [6.45, 7) is 23.9. The van der Waals surface area contributed by atoms with Crippen LogP contribution in [-0.4, -0.2) is 178 Å². The van der Waals surface area contributed by atoms with Crippen LogP contribution in [0.1, 0.15) is 180 Å². The molecule has 32 heteroatoms. The molecule has 13 aromatic rings. The average Bonchev–Trinajstić information content (AvgIpc) is 1.52. The van der Waals surface area contributed by atoms with Crippen molar-refractivity contribution in [3.63, 3.8) is 0 Å². The topological polar surface area (TPSA) is 379 Å². The molecule has 0 radical (unpaired) electrons. The molecule has 2 unspecified atom stereocenters. The number of anilines is 3. The minimum Gasteiger partial charge on any atom is -0.507 e. The number of aromatic hydroxyl groups is 1. The minimum atomic E-state index is -0.797. The van der Waals surface area contributed by atoms with Crippen molar-refractivity contribution in [2.24, 2.45) is 0 Å². The number of para-hydroxylation sites is 1. The number of carbonyl (C=O) groups excluding carboxylic acids is 7. The highest BCUT2D eigenvalue weighted by molar-refractivity contribution is 5.96. The lowest BCUT2D eigenvalue weighted by Gasteiger charge is -2.35. The van der Waals surface area contributed by atoms with E-state index in [1.807, 2.05) is 172 Å². The molecule has 3 aliphatic heterocycles. The summed E-state index contributed by atoms with van der Waals surface area (Å²) in [5.41, 5.74) is 13.2. The van der Waals surface area contributed by atoms with E-state index in [0.717, 1.165) is 98.5 Å². The first kappa shape index (κ1) is 99.9. The zero-order valence-electron chi connectivity index (χ0n) is 78.1. The second kappa shape index (κ2) is 48.5. The van der Waals surface area contributed by atoms with E-state index in [0.29, 0.717) is 95.0 Å². The number of nitrogens with one attached hydrogen (secondary N) is 2. The lowest BCUT2D eigenvalue weighted by molar-refractivity contribution is -0.130. The van der Waals surface area contributed by atoms with Gasteiger partial charge in [-0.05, 0) is 190 Å². The van der Waals surface area contributed by atoms with Gasteiger partial charge in [-0.25, -0.2) is 9.78 Å². The number of aliphatic hydroxyl groups is 1. The van der Waals surface area contributed by atoms with Gasteiger partial charge in [-0.15, -0.1) is 0 Å². The van der Waals surface area contributed by atoms with Gasteiger partial charge in [0.2, 0.25) is 5.91 Å². The summed E-state index contributed by atoms with van der Waals surface area (Å²) in [7, 11) is 1.71. The molecule has 708 valence electrons. The fourth-order valence-corrected chi connectivity index (χ4v) is 15.3. The van der Waals surface area contributed by atoms with Gasteiger partial charge >= 0.3 is 6.09 Å². The molecule has 0 bridgehead atoms. The summed E-state index contributed by atoms with van der Waals surface area (Å²) in [6, 6.07) is 59.7. The summed E-state index contributed by atoms with van der Waals surface area (Å²) in [4.78, 5) is 104. The number of nitrogens with zero attached hydrogens (tertiary/aromatic N) is 12. The third-order valence-electron chi connectivity index (χ3n) is 21.9. The van der Waals surface area contributed by atoms with Crippen molar-refractivity contribution in [3.05, 3.63) is 299 Å². The third kappa shape index (κ3) is 26.0. The quantitative estimate of drug-likeness (QED) is 0.0284. The first-order valence-corrected chi connectivity index (χ1v) is 44.7. The maximum Gasteiger partial charge on any atom is 0.412 e. The Balaban J connectivity index is 0.000000153. The van der Waals surface area contributed by atoms with E-state index < -0.39 is 24.1 Å². The maximum atomic E-state index is 12.3. The van der Waals surface area contributed by atoms with Gasteiger partial charge in [-0.2, -0.15) is 15.3 Å². The molecule has 6 aromatic carbocycles. The molecular formula is C104H114N14O18. The Labute approximate surface area is 789 Å². The highest BCUT2D eigenvalue weighted by Gasteiger charge is 2.35. The van der Waals surface area contributed by atoms with Gasteiger partial charge < -0.3 is 68.0 Å². The van der Waals surface area contributed by atoms with Crippen molar-refractivity contribution in [2.45, 2.75) is 164 Å². The number of morpholine rings is 1. The van der Waals surface area contributed by atoms with Crippen LogP contribution in [0.2, 0.25) is 0 Å². The molecule has 0 saturated carbocycles. The van der Waals surface area contributed by atoms with E-state index in [-0.39, 0.29) is 99.6 Å². The number of hydrogen-bond donors (Lipinski definition) is 4. The van der Waals surface area contributed by atoms with Gasteiger partial charge in [0.05, 0.1) is 99.6 Å². The second-order valence-electron chi connectivity index (χ2n) is 33.7. The number of aldehydes is 4. The Bertz CT molecular complexity index is 6180.